The van der Waals surface area contributed by atoms with Gasteiger partial charge < -0.3 is 10.6 Å². The Morgan fingerprint density at radius 2 is 1.81 bits per heavy atom. The summed E-state index contributed by atoms with van der Waals surface area (Å²) in [7, 11) is 0. The maximum atomic E-state index is 13.1. The predicted octanol–water partition coefficient (Wildman–Crippen LogP) is 5.87. The summed E-state index contributed by atoms with van der Waals surface area (Å²) in [6.07, 6.45) is 1.42. The summed E-state index contributed by atoms with van der Waals surface area (Å²) in [6.45, 7) is 6.36. The van der Waals surface area contributed by atoms with Crippen LogP contribution >= 0.6 is 11.6 Å². The molecule has 1 atom stereocenters. The van der Waals surface area contributed by atoms with Crippen molar-refractivity contribution in [2.75, 3.05) is 10.6 Å². The zero-order valence-corrected chi connectivity index (χ0v) is 16.1. The normalized spacial score (nSPS) is 21.2. The lowest BCUT2D eigenvalue weighted by Crippen LogP contribution is -2.31. The van der Waals surface area contributed by atoms with Crippen molar-refractivity contribution in [2.45, 2.75) is 39.7 Å². The predicted molar refractivity (Wildman–Crippen MR) is 108 cm³/mol. The Balaban J connectivity index is 1.91. The topological polar surface area (TPSA) is 41.1 Å². The van der Waals surface area contributed by atoms with E-state index in [9.17, 15) is 4.79 Å². The molecule has 26 heavy (non-hydrogen) atoms. The number of anilines is 2. The molecule has 1 heterocycles. The summed E-state index contributed by atoms with van der Waals surface area (Å²) < 4.78 is 0. The van der Waals surface area contributed by atoms with Gasteiger partial charge in [-0.15, -0.1) is 0 Å². The van der Waals surface area contributed by atoms with Crippen LogP contribution in [0.25, 0.3) is 0 Å². The van der Waals surface area contributed by atoms with E-state index in [4.69, 9.17) is 11.6 Å². The van der Waals surface area contributed by atoms with E-state index in [-0.39, 0.29) is 17.2 Å². The Hall–Kier alpha value is -2.26. The number of para-hydroxylation sites is 2. The molecule has 2 aliphatic rings. The number of allylic oxidation sites excluding steroid dienone is 1. The fourth-order valence-electron chi connectivity index (χ4n) is 4.09. The van der Waals surface area contributed by atoms with Crippen molar-refractivity contribution < 1.29 is 4.79 Å². The van der Waals surface area contributed by atoms with Gasteiger partial charge in [-0.3, -0.25) is 4.79 Å². The molecule has 1 aliphatic carbocycles. The number of halogens is 1. The van der Waals surface area contributed by atoms with Gasteiger partial charge in [0, 0.05) is 22.7 Å². The molecule has 0 aromatic heterocycles. The van der Waals surface area contributed by atoms with Gasteiger partial charge >= 0.3 is 0 Å². The first-order valence-corrected chi connectivity index (χ1v) is 9.37. The van der Waals surface area contributed by atoms with E-state index >= 15 is 0 Å². The molecule has 4 rings (SSSR count). The van der Waals surface area contributed by atoms with Crippen LogP contribution in [0.5, 0.6) is 0 Å². The molecule has 0 fully saturated rings. The maximum absolute atomic E-state index is 13.1. The first-order valence-electron chi connectivity index (χ1n) is 8.99. The second-order valence-corrected chi connectivity index (χ2v) is 8.52. The second kappa shape index (κ2) is 6.17. The minimum atomic E-state index is -0.179. The summed E-state index contributed by atoms with van der Waals surface area (Å²) in [6, 6.07) is 13.8. The Bertz CT molecular complexity index is 929. The Kier molecular flexibility index (Phi) is 4.07. The lowest BCUT2D eigenvalue weighted by Gasteiger charge is -2.34. The molecular formula is C22H23ClN2O. The van der Waals surface area contributed by atoms with E-state index in [2.05, 4.69) is 36.6 Å². The van der Waals surface area contributed by atoms with E-state index in [1.165, 1.54) is 0 Å². The van der Waals surface area contributed by atoms with Crippen molar-refractivity contribution in [3.05, 3.63) is 69.9 Å². The van der Waals surface area contributed by atoms with Gasteiger partial charge in [-0.25, -0.2) is 0 Å². The summed E-state index contributed by atoms with van der Waals surface area (Å²) in [5.41, 5.74) is 6.04. The highest BCUT2D eigenvalue weighted by molar-refractivity contribution is 6.30. The SMILES string of the molecule is Cc1cc(Cl)ccc1C1Nc2ccccc2NC2=C1C(=O)CC(C)(C)C2. The van der Waals surface area contributed by atoms with Crippen LogP contribution in [0.2, 0.25) is 5.02 Å². The van der Waals surface area contributed by atoms with Crippen LogP contribution < -0.4 is 10.6 Å². The van der Waals surface area contributed by atoms with Crippen LogP contribution in [-0.2, 0) is 4.79 Å². The molecule has 2 N–H and O–H groups in total. The molecule has 1 unspecified atom stereocenters. The van der Waals surface area contributed by atoms with Gasteiger partial charge in [-0.2, -0.15) is 0 Å². The van der Waals surface area contributed by atoms with Gasteiger partial charge in [0.25, 0.3) is 0 Å². The fraction of sp³-hybridized carbons (Fsp3) is 0.318. The number of benzene rings is 2. The average molecular weight is 367 g/mol. The van der Waals surface area contributed by atoms with E-state index in [0.29, 0.717) is 11.4 Å². The molecule has 0 radical (unpaired) electrons. The molecule has 4 heteroatoms. The zero-order valence-electron chi connectivity index (χ0n) is 15.3. The maximum Gasteiger partial charge on any atom is 0.163 e. The largest absolute Gasteiger partial charge is 0.372 e. The summed E-state index contributed by atoms with van der Waals surface area (Å²) in [5.74, 6) is 0.211. The fourth-order valence-corrected chi connectivity index (χ4v) is 4.31. The minimum absolute atomic E-state index is 0.0399. The monoisotopic (exact) mass is 366 g/mol. The summed E-state index contributed by atoms with van der Waals surface area (Å²) in [5, 5.41) is 7.87. The van der Waals surface area contributed by atoms with Gasteiger partial charge in [0.2, 0.25) is 0 Å². The van der Waals surface area contributed by atoms with E-state index < -0.39 is 0 Å². The molecule has 3 nitrogen and oxygen atoms in total. The zero-order chi connectivity index (χ0) is 18.5. The molecule has 134 valence electrons. The third kappa shape index (κ3) is 3.01. The molecule has 2 aromatic rings. The third-order valence-corrected chi connectivity index (χ3v) is 5.50. The Morgan fingerprint density at radius 3 is 2.54 bits per heavy atom. The van der Waals surface area contributed by atoms with Gasteiger partial charge in [0.05, 0.1) is 17.4 Å². The first-order chi connectivity index (χ1) is 12.3. The van der Waals surface area contributed by atoms with Crippen LogP contribution in [0, 0.1) is 12.3 Å². The van der Waals surface area contributed by atoms with Crippen molar-refractivity contribution >= 4 is 28.8 Å². The highest BCUT2D eigenvalue weighted by Gasteiger charge is 2.38. The number of hydrogen-bond donors (Lipinski definition) is 2. The first kappa shape index (κ1) is 17.2. The number of hydrogen-bond acceptors (Lipinski definition) is 3. The van der Waals surface area contributed by atoms with Gasteiger partial charge in [0.15, 0.2) is 5.78 Å². The number of aryl methyl sites for hydroxylation is 1. The van der Waals surface area contributed by atoms with E-state index in [0.717, 1.165) is 40.2 Å². The van der Waals surface area contributed by atoms with Crippen LogP contribution in [0.3, 0.4) is 0 Å². The quantitative estimate of drug-likeness (QED) is 0.663. The number of fused-ring (bicyclic) bond motifs is 1. The molecule has 1 aliphatic heterocycles. The number of carbonyl (C=O) groups excluding carboxylic acids is 1. The average Bonchev–Trinajstić information content (AvgIpc) is 2.69. The van der Waals surface area contributed by atoms with Crippen molar-refractivity contribution in [1.29, 1.82) is 0 Å². The van der Waals surface area contributed by atoms with Gasteiger partial charge in [-0.05, 0) is 54.2 Å². The highest BCUT2D eigenvalue weighted by atomic mass is 35.5. The number of rotatable bonds is 1. The summed E-state index contributed by atoms with van der Waals surface area (Å²) >= 11 is 6.16. The van der Waals surface area contributed by atoms with Crippen molar-refractivity contribution in [3.8, 4) is 0 Å². The van der Waals surface area contributed by atoms with Crippen molar-refractivity contribution in [2.24, 2.45) is 5.41 Å². The molecule has 0 amide bonds. The van der Waals surface area contributed by atoms with Crippen molar-refractivity contribution in [3.63, 3.8) is 0 Å². The minimum Gasteiger partial charge on any atom is -0.372 e. The van der Waals surface area contributed by atoms with Crippen LogP contribution in [-0.4, -0.2) is 5.78 Å². The van der Waals surface area contributed by atoms with Crippen LogP contribution in [0.1, 0.15) is 43.9 Å². The van der Waals surface area contributed by atoms with Crippen molar-refractivity contribution in [1.82, 2.24) is 0 Å². The summed E-state index contributed by atoms with van der Waals surface area (Å²) in [4.78, 5) is 13.1. The molecular weight excluding hydrogens is 344 g/mol. The standard InChI is InChI=1S/C22H23ClN2O/c1-13-10-14(23)8-9-15(13)21-20-18(11-22(2,3)12-19(20)26)24-16-6-4-5-7-17(16)25-21/h4-10,21,24-25H,11-12H2,1-3H3. The molecule has 0 spiro atoms. The Labute approximate surface area is 159 Å². The molecule has 0 saturated heterocycles. The van der Waals surface area contributed by atoms with Crippen LogP contribution in [0.15, 0.2) is 53.7 Å². The number of Topliss-reactive ketones (excluding diaryl/α,β-unsaturated/α-hetero) is 1. The second-order valence-electron chi connectivity index (χ2n) is 8.08. The number of ketones is 1. The number of carbonyl (C=O) groups is 1. The lowest BCUT2D eigenvalue weighted by molar-refractivity contribution is -0.118. The van der Waals surface area contributed by atoms with Gasteiger partial charge in [-0.1, -0.05) is 43.6 Å². The molecule has 0 bridgehead atoms. The smallest absolute Gasteiger partial charge is 0.163 e. The third-order valence-electron chi connectivity index (χ3n) is 5.26. The molecule has 2 aromatic carbocycles. The number of nitrogens with one attached hydrogen (secondary N) is 2. The van der Waals surface area contributed by atoms with Gasteiger partial charge in [0.1, 0.15) is 0 Å². The van der Waals surface area contributed by atoms with E-state index in [1.807, 2.05) is 37.3 Å². The lowest BCUT2D eigenvalue weighted by atomic mass is 9.73. The van der Waals surface area contributed by atoms with E-state index in [1.54, 1.807) is 0 Å². The molecule has 0 saturated carbocycles. The highest BCUT2D eigenvalue weighted by Crippen LogP contribution is 2.45. The van der Waals surface area contributed by atoms with Crippen LogP contribution in [0.4, 0.5) is 11.4 Å². The Morgan fingerprint density at radius 1 is 1.08 bits per heavy atom.